The van der Waals surface area contributed by atoms with Gasteiger partial charge in [0.05, 0.1) is 11.3 Å². The molecule has 0 saturated heterocycles. The van der Waals surface area contributed by atoms with Crippen LogP contribution in [0, 0.1) is 0 Å². The second-order valence-electron chi connectivity index (χ2n) is 3.86. The molecular formula is C14H10N3O. The van der Waals surface area contributed by atoms with Crippen molar-refractivity contribution in [1.29, 1.82) is 0 Å². The van der Waals surface area contributed by atoms with E-state index in [0.717, 1.165) is 11.3 Å². The number of rotatable bonds is 2. The zero-order valence-electron chi connectivity index (χ0n) is 9.52. The van der Waals surface area contributed by atoms with Crippen LogP contribution in [0.2, 0.25) is 0 Å². The molecule has 0 aliphatic carbocycles. The monoisotopic (exact) mass is 236 g/mol. The Hall–Kier alpha value is -2.62. The summed E-state index contributed by atoms with van der Waals surface area (Å²) >= 11 is 0. The highest BCUT2D eigenvalue weighted by Gasteiger charge is 2.25. The molecule has 1 amide bonds. The number of anilines is 1. The Morgan fingerprint density at radius 1 is 0.944 bits per heavy atom. The van der Waals surface area contributed by atoms with Crippen molar-refractivity contribution in [2.24, 2.45) is 0 Å². The van der Waals surface area contributed by atoms with Gasteiger partial charge in [0.2, 0.25) is 0 Å². The highest BCUT2D eigenvalue weighted by Crippen LogP contribution is 2.24. The molecule has 4 heteroatoms. The Kier molecular flexibility index (Phi) is 2.53. The van der Waals surface area contributed by atoms with E-state index in [9.17, 15) is 4.79 Å². The molecule has 3 rings (SSSR count). The van der Waals surface area contributed by atoms with Crippen LogP contribution in [-0.4, -0.2) is 10.9 Å². The Morgan fingerprint density at radius 3 is 2.39 bits per heavy atom. The lowest BCUT2D eigenvalue weighted by atomic mass is 10.1. The van der Waals surface area contributed by atoms with Gasteiger partial charge in [-0.3, -0.25) is 9.78 Å². The lowest BCUT2D eigenvalue weighted by Crippen LogP contribution is -2.24. The fourth-order valence-electron chi connectivity index (χ4n) is 1.80. The van der Waals surface area contributed by atoms with E-state index in [0.29, 0.717) is 5.57 Å². The van der Waals surface area contributed by atoms with Crippen LogP contribution in [0.15, 0.2) is 61.1 Å². The number of nitrogens with zero attached hydrogens (tertiary/aromatic N) is 3. The van der Waals surface area contributed by atoms with Crippen LogP contribution in [0.25, 0.3) is 5.57 Å². The zero-order valence-corrected chi connectivity index (χ0v) is 9.52. The van der Waals surface area contributed by atoms with E-state index in [1.165, 1.54) is 0 Å². The third-order valence-electron chi connectivity index (χ3n) is 2.69. The van der Waals surface area contributed by atoms with Gasteiger partial charge in [0.15, 0.2) is 0 Å². The van der Waals surface area contributed by atoms with Gasteiger partial charge in [-0.2, -0.15) is 0 Å². The van der Waals surface area contributed by atoms with E-state index in [-0.39, 0.29) is 5.91 Å². The first-order valence-corrected chi connectivity index (χ1v) is 5.57. The first-order chi connectivity index (χ1) is 8.84. The third-order valence-corrected chi connectivity index (χ3v) is 2.69. The molecule has 0 spiro atoms. The molecular weight excluding hydrogens is 226 g/mol. The second kappa shape index (κ2) is 4.33. The number of pyridine rings is 1. The molecule has 0 bridgehead atoms. The van der Waals surface area contributed by atoms with Crippen molar-refractivity contribution in [3.63, 3.8) is 0 Å². The number of aromatic nitrogens is 1. The maximum Gasteiger partial charge on any atom is 0.296 e. The van der Waals surface area contributed by atoms with Crippen molar-refractivity contribution < 1.29 is 4.79 Å². The summed E-state index contributed by atoms with van der Waals surface area (Å²) < 4.78 is 0. The van der Waals surface area contributed by atoms with Gasteiger partial charge < -0.3 is 0 Å². The lowest BCUT2D eigenvalue weighted by Gasteiger charge is -2.11. The van der Waals surface area contributed by atoms with Gasteiger partial charge in [0.25, 0.3) is 5.91 Å². The molecule has 0 N–H and O–H groups in total. The topological polar surface area (TPSA) is 47.3 Å². The minimum Gasteiger partial charge on any atom is -0.265 e. The van der Waals surface area contributed by atoms with Crippen molar-refractivity contribution in [3.8, 4) is 0 Å². The van der Waals surface area contributed by atoms with Crippen molar-refractivity contribution in [2.75, 3.05) is 5.01 Å². The lowest BCUT2D eigenvalue weighted by molar-refractivity contribution is -0.115. The molecule has 2 heterocycles. The number of hydrogen-bond donors (Lipinski definition) is 0. The number of para-hydroxylation sites is 1. The summed E-state index contributed by atoms with van der Waals surface area (Å²) in [6.45, 7) is 0. The van der Waals surface area contributed by atoms with Crippen LogP contribution in [-0.2, 0) is 4.79 Å². The van der Waals surface area contributed by atoms with Gasteiger partial charge in [0, 0.05) is 18.6 Å². The molecule has 1 aliphatic heterocycles. The molecule has 4 nitrogen and oxygen atoms in total. The second-order valence-corrected chi connectivity index (χ2v) is 3.86. The molecule has 1 aromatic carbocycles. The van der Waals surface area contributed by atoms with E-state index in [4.69, 9.17) is 0 Å². The van der Waals surface area contributed by atoms with Crippen molar-refractivity contribution in [1.82, 2.24) is 10.4 Å². The van der Waals surface area contributed by atoms with Gasteiger partial charge in [-0.1, -0.05) is 18.2 Å². The van der Waals surface area contributed by atoms with E-state index in [1.807, 2.05) is 30.3 Å². The van der Waals surface area contributed by atoms with Crippen LogP contribution < -0.4 is 10.4 Å². The number of carbonyl (C=O) groups excluding carboxylic acids is 1. The van der Waals surface area contributed by atoms with Crippen molar-refractivity contribution in [3.05, 3.63) is 66.6 Å². The molecule has 1 aromatic heterocycles. The van der Waals surface area contributed by atoms with Gasteiger partial charge in [-0.05, 0) is 29.8 Å². The van der Waals surface area contributed by atoms with Crippen LogP contribution in [0.3, 0.4) is 0 Å². The molecule has 18 heavy (non-hydrogen) atoms. The number of amides is 1. The molecule has 0 saturated carbocycles. The van der Waals surface area contributed by atoms with Gasteiger partial charge in [-0.15, -0.1) is 5.43 Å². The maximum atomic E-state index is 11.9. The fourth-order valence-corrected chi connectivity index (χ4v) is 1.80. The first-order valence-electron chi connectivity index (χ1n) is 5.57. The molecule has 2 aromatic rings. The summed E-state index contributed by atoms with van der Waals surface area (Å²) in [5.41, 5.74) is 6.28. The largest absolute Gasteiger partial charge is 0.296 e. The summed E-state index contributed by atoms with van der Waals surface area (Å²) in [5, 5.41) is 1.60. The number of benzene rings is 1. The number of hydrogen-bond acceptors (Lipinski definition) is 3. The SMILES string of the molecule is O=C1[N]N(c2ccccc2)C=C1c1ccncc1. The van der Waals surface area contributed by atoms with E-state index in [2.05, 4.69) is 10.4 Å². The van der Waals surface area contributed by atoms with Gasteiger partial charge in [0.1, 0.15) is 0 Å². The molecule has 87 valence electrons. The van der Waals surface area contributed by atoms with Crippen molar-refractivity contribution >= 4 is 17.2 Å². The molecule has 0 unspecified atom stereocenters. The van der Waals surface area contributed by atoms with E-state index in [1.54, 1.807) is 35.7 Å². The molecule has 1 radical (unpaired) electrons. The minimum atomic E-state index is -0.231. The number of carbonyl (C=O) groups is 1. The Labute approximate surface area is 105 Å². The summed E-state index contributed by atoms with van der Waals surface area (Å²) in [5.74, 6) is -0.231. The molecule has 1 aliphatic rings. The van der Waals surface area contributed by atoms with Crippen molar-refractivity contribution in [2.45, 2.75) is 0 Å². The van der Waals surface area contributed by atoms with Crippen LogP contribution in [0.5, 0.6) is 0 Å². The predicted octanol–water partition coefficient (Wildman–Crippen LogP) is 1.99. The highest BCUT2D eigenvalue weighted by atomic mass is 16.2. The molecule has 0 atom stereocenters. The molecule has 0 fully saturated rings. The summed E-state index contributed by atoms with van der Waals surface area (Å²) in [6, 6.07) is 13.2. The highest BCUT2D eigenvalue weighted by molar-refractivity contribution is 6.22. The Balaban J connectivity index is 1.95. The summed E-state index contributed by atoms with van der Waals surface area (Å²) in [6.07, 6.45) is 5.07. The standard InChI is InChI=1S/C14H10N3O/c18-14-13(11-6-8-15-9-7-11)10-17(16-14)12-4-2-1-3-5-12/h1-10H. The normalized spacial score (nSPS) is 14.3. The predicted molar refractivity (Wildman–Crippen MR) is 68.3 cm³/mol. The quantitative estimate of drug-likeness (QED) is 0.801. The smallest absolute Gasteiger partial charge is 0.265 e. The fraction of sp³-hybridized carbons (Fsp3) is 0. The summed E-state index contributed by atoms with van der Waals surface area (Å²) in [7, 11) is 0. The van der Waals surface area contributed by atoms with Crippen LogP contribution in [0.1, 0.15) is 5.56 Å². The third kappa shape index (κ3) is 1.84. The van der Waals surface area contributed by atoms with E-state index >= 15 is 0 Å². The zero-order chi connectivity index (χ0) is 12.4. The van der Waals surface area contributed by atoms with Crippen LogP contribution in [0.4, 0.5) is 5.69 Å². The maximum absolute atomic E-state index is 11.9. The minimum absolute atomic E-state index is 0.231. The van der Waals surface area contributed by atoms with Gasteiger partial charge in [-0.25, -0.2) is 5.01 Å². The van der Waals surface area contributed by atoms with Crippen LogP contribution >= 0.6 is 0 Å². The average molecular weight is 236 g/mol. The first kappa shape index (κ1) is 10.5. The van der Waals surface area contributed by atoms with Gasteiger partial charge >= 0.3 is 0 Å². The summed E-state index contributed by atoms with van der Waals surface area (Å²) in [4.78, 5) is 15.8. The average Bonchev–Trinajstić information content (AvgIpc) is 2.83. The Bertz CT molecular complexity index is 593. The van der Waals surface area contributed by atoms with E-state index < -0.39 is 0 Å². The Morgan fingerprint density at radius 2 is 1.67 bits per heavy atom.